The molecule has 0 rings (SSSR count). The van der Waals surface area contributed by atoms with Gasteiger partial charge in [0.05, 0.1) is 6.42 Å². The molecule has 0 saturated heterocycles. The SMILES string of the molecule is CCOC(OC)C(OCC)(OCC)C(CC(=O)O)(C(=O)O)C(OCC)(OCC)C(OC)(OCC)OCC. The van der Waals surface area contributed by atoms with Gasteiger partial charge in [0.25, 0.3) is 5.79 Å². The van der Waals surface area contributed by atoms with Crippen LogP contribution in [-0.4, -0.2) is 106 Å². The smallest absolute Gasteiger partial charge is 0.341 e. The number of carboxylic acids is 2. The molecule has 13 nitrogen and oxygen atoms in total. The van der Waals surface area contributed by atoms with Crippen molar-refractivity contribution in [2.75, 3.05) is 60.5 Å². The molecule has 37 heavy (non-hydrogen) atoms. The molecule has 13 heteroatoms. The predicted molar refractivity (Wildman–Crippen MR) is 130 cm³/mol. The van der Waals surface area contributed by atoms with Crippen LogP contribution in [0, 0.1) is 5.41 Å². The van der Waals surface area contributed by atoms with E-state index in [4.69, 9.17) is 42.6 Å². The number of methoxy groups -OCH3 is 2. The maximum atomic E-state index is 13.7. The molecular weight excluding hydrogens is 496 g/mol. The van der Waals surface area contributed by atoms with E-state index in [-0.39, 0.29) is 46.2 Å². The van der Waals surface area contributed by atoms with Crippen LogP contribution in [-0.2, 0) is 52.2 Å². The van der Waals surface area contributed by atoms with E-state index < -0.39 is 47.6 Å². The van der Waals surface area contributed by atoms with Crippen LogP contribution in [0.25, 0.3) is 0 Å². The molecule has 0 bridgehead atoms. The van der Waals surface area contributed by atoms with Crippen LogP contribution in [0.4, 0.5) is 0 Å². The van der Waals surface area contributed by atoms with E-state index in [1.807, 2.05) is 0 Å². The van der Waals surface area contributed by atoms with E-state index in [0.717, 1.165) is 0 Å². The van der Waals surface area contributed by atoms with Gasteiger partial charge in [0, 0.05) is 60.5 Å². The summed E-state index contributed by atoms with van der Waals surface area (Å²) in [6.45, 7) is 10.4. The fraction of sp³-hybridized carbons (Fsp3) is 0.917. The van der Waals surface area contributed by atoms with Gasteiger partial charge in [-0.05, 0) is 48.5 Å². The third kappa shape index (κ3) is 6.60. The zero-order valence-electron chi connectivity index (χ0n) is 23.6. The zero-order chi connectivity index (χ0) is 28.8. The van der Waals surface area contributed by atoms with Gasteiger partial charge in [0.2, 0.25) is 12.1 Å². The van der Waals surface area contributed by atoms with Crippen LogP contribution in [0.5, 0.6) is 0 Å². The first-order chi connectivity index (χ1) is 17.6. The lowest BCUT2D eigenvalue weighted by Gasteiger charge is -2.59. The molecule has 2 unspecified atom stereocenters. The van der Waals surface area contributed by atoms with Crippen molar-refractivity contribution in [1.82, 2.24) is 0 Å². The highest BCUT2D eigenvalue weighted by Gasteiger charge is 2.83. The number of carboxylic acid groups (broad SMARTS) is 2. The van der Waals surface area contributed by atoms with Gasteiger partial charge in [-0.15, -0.1) is 0 Å². The molecule has 0 aromatic heterocycles. The van der Waals surface area contributed by atoms with Gasteiger partial charge >= 0.3 is 17.9 Å². The lowest BCUT2D eigenvalue weighted by atomic mass is 9.66. The Kier molecular flexibility index (Phi) is 15.9. The highest BCUT2D eigenvalue weighted by molar-refractivity contribution is 5.84. The second-order valence-corrected chi connectivity index (χ2v) is 7.45. The minimum Gasteiger partial charge on any atom is -0.481 e. The summed E-state index contributed by atoms with van der Waals surface area (Å²) >= 11 is 0. The average Bonchev–Trinajstić information content (AvgIpc) is 2.84. The molecule has 0 aromatic carbocycles. The standard InChI is InChI=1S/C24H46O13/c1-10-31-20(29-8)22(32-11-2,33-12-3)21(19(27)28,17-18(25)26)23(34-13-4,35-14-5)24(30-9,36-15-6)37-16-7/h20H,10-17H2,1-9H3,(H,25,26)(H,27,28). The first-order valence-corrected chi connectivity index (χ1v) is 12.5. The van der Waals surface area contributed by atoms with Gasteiger partial charge in [0.15, 0.2) is 5.41 Å². The number of rotatable bonds is 23. The number of hydrogen-bond donors (Lipinski definition) is 2. The van der Waals surface area contributed by atoms with Gasteiger partial charge in [0.1, 0.15) is 0 Å². The summed E-state index contributed by atoms with van der Waals surface area (Å²) in [6, 6.07) is 0. The summed E-state index contributed by atoms with van der Waals surface area (Å²) in [7, 11) is 2.45. The van der Waals surface area contributed by atoms with Crippen molar-refractivity contribution < 1.29 is 62.4 Å². The van der Waals surface area contributed by atoms with E-state index >= 15 is 0 Å². The molecule has 0 radical (unpaired) electrons. The Morgan fingerprint density at radius 2 is 1.11 bits per heavy atom. The number of hydrogen-bond acceptors (Lipinski definition) is 11. The van der Waals surface area contributed by atoms with Crippen molar-refractivity contribution in [3.05, 3.63) is 0 Å². The minimum absolute atomic E-state index is 0.0335. The average molecular weight is 543 g/mol. The van der Waals surface area contributed by atoms with Gasteiger partial charge < -0.3 is 52.8 Å². The molecule has 0 aliphatic heterocycles. The van der Waals surface area contributed by atoms with Crippen LogP contribution in [0.3, 0.4) is 0 Å². The van der Waals surface area contributed by atoms with Crippen molar-refractivity contribution >= 4 is 11.9 Å². The predicted octanol–water partition coefficient (Wildman–Crippen LogP) is 2.45. The number of ether oxygens (including phenoxy) is 9. The minimum atomic E-state index is -2.83. The number of aliphatic carboxylic acids is 2. The first kappa shape index (κ1) is 35.6. The molecule has 0 heterocycles. The first-order valence-electron chi connectivity index (χ1n) is 12.5. The third-order valence-electron chi connectivity index (χ3n) is 5.53. The Hall–Kier alpha value is -1.42. The Morgan fingerprint density at radius 3 is 1.38 bits per heavy atom. The van der Waals surface area contributed by atoms with Crippen molar-refractivity contribution in [3.63, 3.8) is 0 Å². The Balaban J connectivity index is 8.47. The Labute approximate surface area is 219 Å². The van der Waals surface area contributed by atoms with Gasteiger partial charge in [-0.1, -0.05) is 0 Å². The normalized spacial score (nSPS) is 15.4. The second kappa shape index (κ2) is 16.5. The summed E-state index contributed by atoms with van der Waals surface area (Å²) in [6.07, 6.45) is -2.74. The Morgan fingerprint density at radius 1 is 0.676 bits per heavy atom. The van der Waals surface area contributed by atoms with Crippen LogP contribution < -0.4 is 0 Å². The molecular formula is C24H46O13. The summed E-state index contributed by atoms with van der Waals surface area (Å²) in [5, 5.41) is 21.3. The van der Waals surface area contributed by atoms with Crippen LogP contribution in [0.15, 0.2) is 0 Å². The Bertz CT molecular complexity index is 653. The van der Waals surface area contributed by atoms with Crippen molar-refractivity contribution in [2.24, 2.45) is 5.41 Å². The number of carbonyl (C=O) groups is 2. The van der Waals surface area contributed by atoms with Crippen molar-refractivity contribution in [2.45, 2.75) is 78.7 Å². The van der Waals surface area contributed by atoms with Crippen LogP contribution in [0.2, 0.25) is 0 Å². The molecule has 0 aliphatic carbocycles. The van der Waals surface area contributed by atoms with E-state index in [0.29, 0.717) is 0 Å². The van der Waals surface area contributed by atoms with Crippen molar-refractivity contribution in [3.8, 4) is 0 Å². The van der Waals surface area contributed by atoms with Crippen molar-refractivity contribution in [1.29, 1.82) is 0 Å². The van der Waals surface area contributed by atoms with Crippen LogP contribution >= 0.6 is 0 Å². The van der Waals surface area contributed by atoms with E-state index in [9.17, 15) is 19.8 Å². The molecule has 0 saturated carbocycles. The molecule has 0 spiro atoms. The second-order valence-electron chi connectivity index (χ2n) is 7.45. The fourth-order valence-electron chi connectivity index (χ4n) is 4.60. The molecule has 0 amide bonds. The summed E-state index contributed by atoms with van der Waals surface area (Å²) < 4.78 is 53.2. The van der Waals surface area contributed by atoms with Gasteiger partial charge in [-0.3, -0.25) is 9.59 Å². The van der Waals surface area contributed by atoms with E-state index in [1.54, 1.807) is 48.5 Å². The summed E-state index contributed by atoms with van der Waals surface area (Å²) in [5.74, 6) is -10.8. The van der Waals surface area contributed by atoms with Gasteiger partial charge in [-0.25, -0.2) is 0 Å². The summed E-state index contributed by atoms with van der Waals surface area (Å²) in [5.41, 5.74) is -2.83. The quantitative estimate of drug-likeness (QED) is 0.182. The summed E-state index contributed by atoms with van der Waals surface area (Å²) in [4.78, 5) is 26.2. The maximum Gasteiger partial charge on any atom is 0.341 e. The lowest BCUT2D eigenvalue weighted by Crippen LogP contribution is -2.81. The fourth-order valence-corrected chi connectivity index (χ4v) is 4.60. The van der Waals surface area contributed by atoms with E-state index in [2.05, 4.69) is 0 Å². The van der Waals surface area contributed by atoms with E-state index in [1.165, 1.54) is 14.2 Å². The van der Waals surface area contributed by atoms with Crippen LogP contribution in [0.1, 0.15) is 54.9 Å². The lowest BCUT2D eigenvalue weighted by molar-refractivity contribution is -0.538. The highest BCUT2D eigenvalue weighted by Crippen LogP contribution is 2.58. The maximum absolute atomic E-state index is 13.7. The zero-order valence-corrected chi connectivity index (χ0v) is 23.6. The molecule has 220 valence electrons. The molecule has 2 atom stereocenters. The molecule has 2 N–H and O–H groups in total. The monoisotopic (exact) mass is 542 g/mol. The largest absolute Gasteiger partial charge is 0.481 e. The van der Waals surface area contributed by atoms with Gasteiger partial charge in [-0.2, -0.15) is 0 Å². The molecule has 0 aliphatic rings. The molecule has 0 aromatic rings. The third-order valence-corrected chi connectivity index (χ3v) is 5.53. The topological polar surface area (TPSA) is 158 Å². The molecule has 0 fully saturated rings. The highest BCUT2D eigenvalue weighted by atomic mass is 16.9.